The second-order valence-electron chi connectivity index (χ2n) is 3.06. The van der Waals surface area contributed by atoms with Gasteiger partial charge in [0.15, 0.2) is 0 Å². The molecular formula is C12H10BrNO3. The Morgan fingerprint density at radius 3 is 2.65 bits per heavy atom. The number of methoxy groups -OCH3 is 2. The van der Waals surface area contributed by atoms with Crippen molar-refractivity contribution in [3.8, 4) is 11.8 Å². The zero-order chi connectivity index (χ0) is 12.8. The van der Waals surface area contributed by atoms with E-state index in [4.69, 9.17) is 10.00 Å². The molecule has 0 saturated carbocycles. The van der Waals surface area contributed by atoms with Crippen LogP contribution >= 0.6 is 15.9 Å². The van der Waals surface area contributed by atoms with Gasteiger partial charge in [-0.25, -0.2) is 4.79 Å². The second-order valence-corrected chi connectivity index (χ2v) is 3.91. The predicted molar refractivity (Wildman–Crippen MR) is 66.3 cm³/mol. The van der Waals surface area contributed by atoms with Crippen molar-refractivity contribution in [3.05, 3.63) is 33.8 Å². The first kappa shape index (κ1) is 13.3. The average Bonchev–Trinajstić information content (AvgIpc) is 2.35. The highest BCUT2D eigenvalue weighted by atomic mass is 79.9. The third-order valence-electron chi connectivity index (χ3n) is 2.01. The van der Waals surface area contributed by atoms with Crippen LogP contribution in [-0.4, -0.2) is 20.2 Å². The van der Waals surface area contributed by atoms with Crippen molar-refractivity contribution in [2.24, 2.45) is 0 Å². The van der Waals surface area contributed by atoms with Gasteiger partial charge in [-0.05, 0) is 39.7 Å². The van der Waals surface area contributed by atoms with Gasteiger partial charge in [0, 0.05) is 0 Å². The molecule has 0 aliphatic heterocycles. The molecular weight excluding hydrogens is 286 g/mol. The van der Waals surface area contributed by atoms with Crippen LogP contribution in [0.3, 0.4) is 0 Å². The molecule has 0 N–H and O–H groups in total. The van der Waals surface area contributed by atoms with Crippen LogP contribution in [0.5, 0.6) is 5.75 Å². The number of benzene rings is 1. The monoisotopic (exact) mass is 295 g/mol. The molecule has 4 nitrogen and oxygen atoms in total. The molecule has 0 aliphatic carbocycles. The van der Waals surface area contributed by atoms with Gasteiger partial charge in [0.1, 0.15) is 17.4 Å². The third kappa shape index (κ3) is 3.33. The number of nitriles is 1. The molecule has 0 aromatic heterocycles. The van der Waals surface area contributed by atoms with E-state index in [0.29, 0.717) is 11.3 Å². The Bertz CT molecular complexity index is 503. The van der Waals surface area contributed by atoms with Crippen molar-refractivity contribution < 1.29 is 14.3 Å². The lowest BCUT2D eigenvalue weighted by molar-refractivity contribution is -0.135. The van der Waals surface area contributed by atoms with Crippen LogP contribution in [0.2, 0.25) is 0 Å². The number of halogens is 1. The van der Waals surface area contributed by atoms with Crippen molar-refractivity contribution in [1.82, 2.24) is 0 Å². The topological polar surface area (TPSA) is 59.3 Å². The standard InChI is InChI=1S/C12H10BrNO3/c1-16-11-4-3-8(6-10(11)13)5-9(7-14)12(15)17-2/h3-6H,1-2H3. The molecule has 17 heavy (non-hydrogen) atoms. The summed E-state index contributed by atoms with van der Waals surface area (Å²) < 4.78 is 10.3. The molecule has 0 saturated heterocycles. The lowest BCUT2D eigenvalue weighted by atomic mass is 10.1. The van der Waals surface area contributed by atoms with Gasteiger partial charge in [0.25, 0.3) is 0 Å². The van der Waals surface area contributed by atoms with E-state index >= 15 is 0 Å². The van der Waals surface area contributed by atoms with Crippen molar-refractivity contribution in [3.63, 3.8) is 0 Å². The molecule has 0 heterocycles. The SMILES string of the molecule is COC(=O)C(C#N)=Cc1ccc(OC)c(Br)c1. The van der Waals surface area contributed by atoms with Gasteiger partial charge in [-0.2, -0.15) is 5.26 Å². The number of rotatable bonds is 3. The summed E-state index contributed by atoms with van der Waals surface area (Å²) in [5.41, 5.74) is 0.657. The number of esters is 1. The molecule has 88 valence electrons. The van der Waals surface area contributed by atoms with Crippen LogP contribution in [0.25, 0.3) is 6.08 Å². The fourth-order valence-electron chi connectivity index (χ4n) is 1.19. The van der Waals surface area contributed by atoms with E-state index in [0.717, 1.165) is 4.47 Å². The summed E-state index contributed by atoms with van der Waals surface area (Å²) in [6.45, 7) is 0. The maximum Gasteiger partial charge on any atom is 0.348 e. The quantitative estimate of drug-likeness (QED) is 0.488. The highest BCUT2D eigenvalue weighted by molar-refractivity contribution is 9.10. The van der Waals surface area contributed by atoms with Gasteiger partial charge in [-0.1, -0.05) is 6.07 Å². The maximum absolute atomic E-state index is 11.2. The Morgan fingerprint density at radius 2 is 2.18 bits per heavy atom. The van der Waals surface area contributed by atoms with Crippen LogP contribution in [0.4, 0.5) is 0 Å². The molecule has 0 aliphatic rings. The van der Waals surface area contributed by atoms with Crippen molar-refractivity contribution in [2.45, 2.75) is 0 Å². The van der Waals surface area contributed by atoms with E-state index in [9.17, 15) is 4.79 Å². The fraction of sp³-hybridized carbons (Fsp3) is 0.167. The number of hydrogen-bond acceptors (Lipinski definition) is 4. The first-order chi connectivity index (χ1) is 8.12. The highest BCUT2D eigenvalue weighted by Crippen LogP contribution is 2.26. The van der Waals surface area contributed by atoms with Gasteiger partial charge in [0.05, 0.1) is 18.7 Å². The van der Waals surface area contributed by atoms with Crippen LogP contribution in [0.1, 0.15) is 5.56 Å². The Labute approximate surface area is 108 Å². The Morgan fingerprint density at radius 1 is 1.47 bits per heavy atom. The average molecular weight is 296 g/mol. The number of hydrogen-bond donors (Lipinski definition) is 0. The smallest absolute Gasteiger partial charge is 0.348 e. The van der Waals surface area contributed by atoms with Gasteiger partial charge >= 0.3 is 5.97 Å². The van der Waals surface area contributed by atoms with Crippen LogP contribution in [0, 0.1) is 11.3 Å². The van der Waals surface area contributed by atoms with E-state index in [1.165, 1.54) is 13.2 Å². The summed E-state index contributed by atoms with van der Waals surface area (Å²) in [6, 6.07) is 7.02. The molecule has 1 rings (SSSR count). The van der Waals surface area contributed by atoms with Gasteiger partial charge in [-0.3, -0.25) is 0 Å². The zero-order valence-electron chi connectivity index (χ0n) is 9.36. The minimum atomic E-state index is -0.653. The molecule has 1 aromatic carbocycles. The summed E-state index contributed by atoms with van der Waals surface area (Å²) in [5.74, 6) is 0.0261. The van der Waals surface area contributed by atoms with E-state index in [1.807, 2.05) is 0 Å². The number of ether oxygens (including phenoxy) is 2. The van der Waals surface area contributed by atoms with E-state index in [2.05, 4.69) is 20.7 Å². The minimum absolute atomic E-state index is 0.0513. The third-order valence-corrected chi connectivity index (χ3v) is 2.63. The first-order valence-electron chi connectivity index (χ1n) is 4.66. The lowest BCUT2D eigenvalue weighted by Crippen LogP contribution is -2.02. The summed E-state index contributed by atoms with van der Waals surface area (Å²) in [6.07, 6.45) is 1.45. The number of nitrogens with zero attached hydrogens (tertiary/aromatic N) is 1. The number of carbonyl (C=O) groups is 1. The van der Waals surface area contributed by atoms with Crippen molar-refractivity contribution in [2.75, 3.05) is 14.2 Å². The highest BCUT2D eigenvalue weighted by Gasteiger charge is 2.09. The summed E-state index contributed by atoms with van der Waals surface area (Å²) >= 11 is 3.32. The molecule has 0 amide bonds. The maximum atomic E-state index is 11.2. The van der Waals surface area contributed by atoms with Gasteiger partial charge in [-0.15, -0.1) is 0 Å². The molecule has 0 fully saturated rings. The zero-order valence-corrected chi connectivity index (χ0v) is 10.9. The predicted octanol–water partition coefficient (Wildman–Crippen LogP) is 2.54. The van der Waals surface area contributed by atoms with Crippen molar-refractivity contribution in [1.29, 1.82) is 5.26 Å². The molecule has 0 radical (unpaired) electrons. The molecule has 5 heteroatoms. The van der Waals surface area contributed by atoms with E-state index in [1.54, 1.807) is 31.4 Å². The van der Waals surface area contributed by atoms with Gasteiger partial charge < -0.3 is 9.47 Å². The normalized spacial score (nSPS) is 10.6. The lowest BCUT2D eigenvalue weighted by Gasteiger charge is -2.03. The molecule has 0 atom stereocenters. The van der Waals surface area contributed by atoms with Crippen LogP contribution in [0.15, 0.2) is 28.2 Å². The molecule has 0 bridgehead atoms. The van der Waals surface area contributed by atoms with Crippen molar-refractivity contribution >= 4 is 28.0 Å². The van der Waals surface area contributed by atoms with E-state index < -0.39 is 5.97 Å². The Kier molecular flexibility index (Phi) is 4.73. The largest absolute Gasteiger partial charge is 0.496 e. The first-order valence-corrected chi connectivity index (χ1v) is 5.45. The molecule has 0 unspecified atom stereocenters. The minimum Gasteiger partial charge on any atom is -0.496 e. The number of carbonyl (C=O) groups excluding carboxylic acids is 1. The summed E-state index contributed by atoms with van der Waals surface area (Å²) in [4.78, 5) is 11.2. The van der Waals surface area contributed by atoms with Crippen LogP contribution in [-0.2, 0) is 9.53 Å². The summed E-state index contributed by atoms with van der Waals surface area (Å²) in [5, 5.41) is 8.80. The van der Waals surface area contributed by atoms with Gasteiger partial charge in [0.2, 0.25) is 0 Å². The summed E-state index contributed by atoms with van der Waals surface area (Å²) in [7, 11) is 2.79. The molecule has 0 spiro atoms. The fourth-order valence-corrected chi connectivity index (χ4v) is 1.74. The van der Waals surface area contributed by atoms with Crippen LogP contribution < -0.4 is 4.74 Å². The Balaban J connectivity index is 3.10. The molecule has 1 aromatic rings. The Hall–Kier alpha value is -1.80. The van der Waals surface area contributed by atoms with E-state index in [-0.39, 0.29) is 5.57 Å². The second kappa shape index (κ2) is 6.06.